The molecule has 2 bridgehead atoms. The molecular weight excluding hydrogens is 194 g/mol. The number of likely N-dealkylation sites (tertiary alicyclic amines) is 1. The molecule has 1 heterocycles. The normalized spacial score (nSPS) is 34.2. The van der Waals surface area contributed by atoms with E-state index in [0.29, 0.717) is 11.8 Å². The smallest absolute Gasteiger partial charge is 0.303 e. The van der Waals surface area contributed by atoms with Crippen LogP contribution in [-0.4, -0.2) is 35.0 Å². The molecule has 15 heavy (non-hydrogen) atoms. The first kappa shape index (κ1) is 10.5. The van der Waals surface area contributed by atoms with Gasteiger partial charge in [0.2, 0.25) is 5.91 Å². The maximum absolute atomic E-state index is 11.3. The molecule has 0 spiro atoms. The molecule has 0 aromatic heterocycles. The molecule has 1 amide bonds. The minimum Gasteiger partial charge on any atom is -0.481 e. The minimum atomic E-state index is -0.707. The van der Waals surface area contributed by atoms with Gasteiger partial charge in [-0.25, -0.2) is 0 Å². The summed E-state index contributed by atoms with van der Waals surface area (Å²) in [5.74, 6) is 0.667. The summed E-state index contributed by atoms with van der Waals surface area (Å²) >= 11 is 0. The zero-order valence-corrected chi connectivity index (χ0v) is 8.98. The highest BCUT2D eigenvalue weighted by Crippen LogP contribution is 2.42. The van der Waals surface area contributed by atoms with Gasteiger partial charge in [-0.3, -0.25) is 9.59 Å². The Hall–Kier alpha value is -1.06. The van der Waals surface area contributed by atoms with Crippen LogP contribution in [0.25, 0.3) is 0 Å². The minimum absolute atomic E-state index is 0.126. The Morgan fingerprint density at radius 1 is 1.33 bits per heavy atom. The number of fused-ring (bicyclic) bond motifs is 2. The first-order valence-corrected chi connectivity index (χ1v) is 5.53. The SMILES string of the molecule is CC(=O)N1C[C@@H]2C[C@@H](CC(=O)O)[C@@H](C2)C1. The molecule has 3 atom stereocenters. The van der Waals surface area contributed by atoms with E-state index in [2.05, 4.69) is 0 Å². The second kappa shape index (κ2) is 3.83. The van der Waals surface area contributed by atoms with Crippen LogP contribution in [0, 0.1) is 17.8 Å². The fourth-order valence-corrected chi connectivity index (χ4v) is 3.11. The van der Waals surface area contributed by atoms with Crippen molar-refractivity contribution >= 4 is 11.9 Å². The van der Waals surface area contributed by atoms with Crippen molar-refractivity contribution in [2.75, 3.05) is 13.1 Å². The Balaban J connectivity index is 1.99. The number of rotatable bonds is 2. The second-order valence-electron chi connectivity index (χ2n) is 4.88. The van der Waals surface area contributed by atoms with Gasteiger partial charge in [-0.15, -0.1) is 0 Å². The number of amides is 1. The van der Waals surface area contributed by atoms with Crippen LogP contribution in [0.15, 0.2) is 0 Å². The summed E-state index contributed by atoms with van der Waals surface area (Å²) in [6.45, 7) is 3.20. The van der Waals surface area contributed by atoms with Crippen molar-refractivity contribution in [1.29, 1.82) is 0 Å². The highest BCUT2D eigenvalue weighted by atomic mass is 16.4. The number of carbonyl (C=O) groups is 2. The first-order chi connectivity index (χ1) is 7.06. The van der Waals surface area contributed by atoms with Gasteiger partial charge in [0.05, 0.1) is 0 Å². The molecule has 1 aliphatic heterocycles. The van der Waals surface area contributed by atoms with Gasteiger partial charge in [-0.1, -0.05) is 0 Å². The van der Waals surface area contributed by atoms with Crippen LogP contribution in [-0.2, 0) is 9.59 Å². The standard InChI is InChI=1S/C11H17NO3/c1-7(13)12-5-8-2-9(4-11(14)15)10(3-8)6-12/h8-10H,2-6H2,1H3,(H,14,15)/t8-,9+,10+/m1/s1. The molecule has 2 fully saturated rings. The van der Waals surface area contributed by atoms with E-state index < -0.39 is 5.97 Å². The Morgan fingerprint density at radius 2 is 2.07 bits per heavy atom. The highest BCUT2D eigenvalue weighted by Gasteiger charge is 2.41. The van der Waals surface area contributed by atoms with E-state index in [0.717, 1.165) is 25.9 Å². The predicted molar refractivity (Wildman–Crippen MR) is 54.2 cm³/mol. The van der Waals surface area contributed by atoms with Gasteiger partial charge in [0.15, 0.2) is 0 Å². The quantitative estimate of drug-likeness (QED) is 0.740. The van der Waals surface area contributed by atoms with Crippen LogP contribution in [0.4, 0.5) is 0 Å². The van der Waals surface area contributed by atoms with Gasteiger partial charge < -0.3 is 10.0 Å². The lowest BCUT2D eigenvalue weighted by Gasteiger charge is -2.31. The van der Waals surface area contributed by atoms with Gasteiger partial charge in [0.25, 0.3) is 0 Å². The molecule has 0 aromatic rings. The van der Waals surface area contributed by atoms with Crippen molar-refractivity contribution in [3.63, 3.8) is 0 Å². The van der Waals surface area contributed by atoms with E-state index in [-0.39, 0.29) is 18.2 Å². The van der Waals surface area contributed by atoms with E-state index in [1.165, 1.54) is 0 Å². The molecule has 4 heteroatoms. The molecule has 1 saturated heterocycles. The third kappa shape index (κ3) is 2.13. The molecule has 0 aromatic carbocycles. The van der Waals surface area contributed by atoms with Gasteiger partial charge in [-0.05, 0) is 30.6 Å². The fourth-order valence-electron chi connectivity index (χ4n) is 3.11. The van der Waals surface area contributed by atoms with Crippen LogP contribution >= 0.6 is 0 Å². The van der Waals surface area contributed by atoms with E-state index in [1.54, 1.807) is 6.92 Å². The maximum Gasteiger partial charge on any atom is 0.303 e. The Labute approximate surface area is 89.3 Å². The second-order valence-corrected chi connectivity index (χ2v) is 4.88. The highest BCUT2D eigenvalue weighted by molar-refractivity contribution is 5.73. The molecular formula is C11H17NO3. The number of aliphatic carboxylic acids is 1. The lowest BCUT2D eigenvalue weighted by molar-refractivity contribution is -0.138. The lowest BCUT2D eigenvalue weighted by atomic mass is 9.92. The van der Waals surface area contributed by atoms with Crippen LogP contribution < -0.4 is 0 Å². The topological polar surface area (TPSA) is 57.6 Å². The summed E-state index contributed by atoms with van der Waals surface area (Å²) in [5, 5.41) is 8.79. The van der Waals surface area contributed by atoms with Crippen LogP contribution in [0.3, 0.4) is 0 Å². The third-order valence-corrected chi connectivity index (χ3v) is 3.75. The summed E-state index contributed by atoms with van der Waals surface area (Å²) in [6, 6.07) is 0. The van der Waals surface area contributed by atoms with Crippen LogP contribution in [0.1, 0.15) is 26.2 Å². The molecule has 2 aliphatic rings. The van der Waals surface area contributed by atoms with Crippen molar-refractivity contribution in [3.05, 3.63) is 0 Å². The van der Waals surface area contributed by atoms with Gasteiger partial charge in [0.1, 0.15) is 0 Å². The summed E-state index contributed by atoms with van der Waals surface area (Å²) in [6.07, 6.45) is 2.37. The number of piperidine rings is 1. The first-order valence-electron chi connectivity index (χ1n) is 5.53. The van der Waals surface area contributed by atoms with Crippen LogP contribution in [0.5, 0.6) is 0 Å². The molecule has 0 radical (unpaired) electrons. The van der Waals surface area contributed by atoms with Crippen molar-refractivity contribution < 1.29 is 14.7 Å². The number of hydrogen-bond donors (Lipinski definition) is 1. The number of nitrogens with zero attached hydrogens (tertiary/aromatic N) is 1. The fraction of sp³-hybridized carbons (Fsp3) is 0.818. The number of carboxylic acids is 1. The monoisotopic (exact) mass is 211 g/mol. The largest absolute Gasteiger partial charge is 0.481 e. The van der Waals surface area contributed by atoms with Crippen molar-refractivity contribution in [2.45, 2.75) is 26.2 Å². The van der Waals surface area contributed by atoms with E-state index in [9.17, 15) is 9.59 Å². The van der Waals surface area contributed by atoms with E-state index in [4.69, 9.17) is 5.11 Å². The third-order valence-electron chi connectivity index (χ3n) is 3.75. The summed E-state index contributed by atoms with van der Waals surface area (Å²) in [7, 11) is 0. The molecule has 84 valence electrons. The molecule has 4 nitrogen and oxygen atoms in total. The summed E-state index contributed by atoms with van der Waals surface area (Å²) in [4.78, 5) is 23.8. The van der Waals surface area contributed by atoms with Gasteiger partial charge >= 0.3 is 5.97 Å². The lowest BCUT2D eigenvalue weighted by Crippen LogP contribution is -2.40. The predicted octanol–water partition coefficient (Wildman–Crippen LogP) is 0.966. The summed E-state index contributed by atoms with van der Waals surface area (Å²) < 4.78 is 0. The molecule has 2 rings (SSSR count). The van der Waals surface area contributed by atoms with Gasteiger partial charge in [0, 0.05) is 26.4 Å². The van der Waals surface area contributed by atoms with Crippen LogP contribution in [0.2, 0.25) is 0 Å². The zero-order chi connectivity index (χ0) is 11.0. The van der Waals surface area contributed by atoms with Crippen molar-refractivity contribution in [2.24, 2.45) is 17.8 Å². The van der Waals surface area contributed by atoms with Crippen molar-refractivity contribution in [3.8, 4) is 0 Å². The number of carbonyl (C=O) groups excluding carboxylic acids is 1. The molecule has 1 saturated carbocycles. The molecule has 0 unspecified atom stereocenters. The summed E-state index contributed by atoms with van der Waals surface area (Å²) in [5.41, 5.74) is 0. The Kier molecular flexibility index (Phi) is 2.67. The number of carboxylic acid groups (broad SMARTS) is 1. The average molecular weight is 211 g/mol. The maximum atomic E-state index is 11.3. The average Bonchev–Trinajstić information content (AvgIpc) is 2.40. The van der Waals surface area contributed by atoms with Gasteiger partial charge in [-0.2, -0.15) is 0 Å². The Morgan fingerprint density at radius 3 is 2.67 bits per heavy atom. The Bertz CT molecular complexity index is 290. The number of hydrogen-bond acceptors (Lipinski definition) is 2. The molecule has 1 aliphatic carbocycles. The van der Waals surface area contributed by atoms with E-state index in [1.807, 2.05) is 4.90 Å². The van der Waals surface area contributed by atoms with E-state index >= 15 is 0 Å². The molecule has 1 N–H and O–H groups in total. The zero-order valence-electron chi connectivity index (χ0n) is 8.98. The van der Waals surface area contributed by atoms with Crippen molar-refractivity contribution in [1.82, 2.24) is 4.90 Å².